The zero-order valence-electron chi connectivity index (χ0n) is 10.7. The first-order valence-electron chi connectivity index (χ1n) is 5.85. The van der Waals surface area contributed by atoms with Crippen LogP contribution < -0.4 is 5.32 Å². The van der Waals surface area contributed by atoms with Crippen molar-refractivity contribution >= 4 is 27.5 Å². The van der Waals surface area contributed by atoms with Crippen LogP contribution in [0.15, 0.2) is 40.9 Å². The highest BCUT2D eigenvalue weighted by molar-refractivity contribution is 9.10. The Bertz CT molecular complexity index is 731. The molecule has 0 heterocycles. The number of nitrogens with one attached hydrogen (secondary N) is 1. The van der Waals surface area contributed by atoms with Crippen molar-refractivity contribution in [3.63, 3.8) is 0 Å². The second-order valence-electron chi connectivity index (χ2n) is 4.31. The van der Waals surface area contributed by atoms with Crippen LogP contribution >= 0.6 is 15.9 Å². The lowest BCUT2D eigenvalue weighted by atomic mass is 10.1. The number of hydrogen-bond acceptors (Lipinski definition) is 2. The molecule has 0 aliphatic heterocycles. The summed E-state index contributed by atoms with van der Waals surface area (Å²) in [7, 11) is 0. The predicted octanol–water partition coefficient (Wildman–Crippen LogP) is 4.56. The Morgan fingerprint density at radius 1 is 1.14 bits per heavy atom. The van der Waals surface area contributed by atoms with Crippen LogP contribution in [0.25, 0.3) is 0 Å². The quantitative estimate of drug-likeness (QED) is 0.753. The molecule has 0 saturated heterocycles. The van der Waals surface area contributed by atoms with Gasteiger partial charge >= 0.3 is 6.18 Å². The number of alkyl halides is 3. The van der Waals surface area contributed by atoms with Crippen molar-refractivity contribution in [2.24, 2.45) is 0 Å². The molecule has 22 heavy (non-hydrogen) atoms. The van der Waals surface area contributed by atoms with E-state index in [1.165, 1.54) is 18.2 Å². The fourth-order valence-electron chi connectivity index (χ4n) is 1.71. The van der Waals surface area contributed by atoms with Crippen LogP contribution in [-0.4, -0.2) is 11.0 Å². The molecule has 2 aromatic rings. The molecule has 0 radical (unpaired) electrons. The van der Waals surface area contributed by atoms with Crippen LogP contribution in [0.4, 0.5) is 23.2 Å². The number of rotatable bonds is 2. The number of phenolic OH excluding ortho intramolecular Hbond substituents is 1. The third-order valence-corrected chi connectivity index (χ3v) is 3.23. The number of carbonyl (C=O) groups excluding carboxylic acids is 1. The molecule has 0 aliphatic carbocycles. The third-order valence-electron chi connectivity index (χ3n) is 2.74. The Kier molecular flexibility index (Phi) is 4.41. The zero-order valence-corrected chi connectivity index (χ0v) is 12.3. The number of amides is 1. The van der Waals surface area contributed by atoms with E-state index in [4.69, 9.17) is 0 Å². The minimum atomic E-state index is -4.81. The number of aromatic hydroxyl groups is 1. The van der Waals surface area contributed by atoms with E-state index in [0.717, 1.165) is 6.07 Å². The van der Waals surface area contributed by atoms with Gasteiger partial charge in [-0.2, -0.15) is 13.2 Å². The van der Waals surface area contributed by atoms with Gasteiger partial charge in [0.05, 0.1) is 11.1 Å². The van der Waals surface area contributed by atoms with Gasteiger partial charge in [-0.1, -0.05) is 15.9 Å². The molecule has 0 bridgehead atoms. The summed E-state index contributed by atoms with van der Waals surface area (Å²) in [6.07, 6.45) is -4.81. The SMILES string of the molecule is O=C(Nc1ccc(C(F)(F)F)c(F)c1)c1cc(Br)ccc1O. The molecule has 1 amide bonds. The molecule has 2 aromatic carbocycles. The monoisotopic (exact) mass is 377 g/mol. The molecule has 8 heteroatoms. The van der Waals surface area contributed by atoms with Gasteiger partial charge < -0.3 is 10.4 Å². The molecule has 2 N–H and O–H groups in total. The minimum Gasteiger partial charge on any atom is -0.507 e. The van der Waals surface area contributed by atoms with Crippen molar-refractivity contribution in [2.45, 2.75) is 6.18 Å². The standard InChI is InChI=1S/C14H8BrF4NO2/c15-7-1-4-12(21)9(5-7)13(22)20-8-2-3-10(11(16)6-8)14(17,18)19/h1-6,21H,(H,20,22). The highest BCUT2D eigenvalue weighted by atomic mass is 79.9. The second-order valence-corrected chi connectivity index (χ2v) is 5.22. The smallest absolute Gasteiger partial charge is 0.419 e. The summed E-state index contributed by atoms with van der Waals surface area (Å²) < 4.78 is 51.3. The van der Waals surface area contributed by atoms with E-state index >= 15 is 0 Å². The number of anilines is 1. The van der Waals surface area contributed by atoms with Crippen molar-refractivity contribution in [1.82, 2.24) is 0 Å². The summed E-state index contributed by atoms with van der Waals surface area (Å²) in [6.45, 7) is 0. The van der Waals surface area contributed by atoms with Crippen LogP contribution in [0, 0.1) is 5.82 Å². The molecule has 0 spiro atoms. The summed E-state index contributed by atoms with van der Waals surface area (Å²) >= 11 is 3.12. The lowest BCUT2D eigenvalue weighted by molar-refractivity contribution is -0.139. The van der Waals surface area contributed by atoms with Crippen LogP contribution in [0.3, 0.4) is 0 Å². The van der Waals surface area contributed by atoms with E-state index in [1.54, 1.807) is 0 Å². The molecule has 3 nitrogen and oxygen atoms in total. The predicted molar refractivity (Wildman–Crippen MR) is 75.2 cm³/mol. The fraction of sp³-hybridized carbons (Fsp3) is 0.0714. The highest BCUT2D eigenvalue weighted by Gasteiger charge is 2.34. The number of benzene rings is 2. The topological polar surface area (TPSA) is 49.3 Å². The Morgan fingerprint density at radius 2 is 1.82 bits per heavy atom. The lowest BCUT2D eigenvalue weighted by Crippen LogP contribution is -2.13. The Morgan fingerprint density at radius 3 is 2.41 bits per heavy atom. The number of phenols is 1. The maximum atomic E-state index is 13.4. The van der Waals surface area contributed by atoms with E-state index in [0.29, 0.717) is 16.6 Å². The fourth-order valence-corrected chi connectivity index (χ4v) is 2.07. The summed E-state index contributed by atoms with van der Waals surface area (Å²) in [5, 5.41) is 11.8. The molecule has 0 unspecified atom stereocenters. The van der Waals surface area contributed by atoms with E-state index in [-0.39, 0.29) is 17.0 Å². The first-order chi connectivity index (χ1) is 10.2. The molecule has 0 atom stereocenters. The molecule has 0 aromatic heterocycles. The molecular formula is C14H8BrF4NO2. The summed E-state index contributed by atoms with van der Waals surface area (Å²) in [5.74, 6) is -2.59. The number of halogens is 5. The van der Waals surface area contributed by atoms with Gasteiger partial charge in [-0.3, -0.25) is 4.79 Å². The van der Waals surface area contributed by atoms with E-state index < -0.39 is 23.5 Å². The molecular weight excluding hydrogens is 370 g/mol. The molecule has 2 rings (SSSR count). The second kappa shape index (κ2) is 5.96. The summed E-state index contributed by atoms with van der Waals surface area (Å²) in [5.41, 5.74) is -1.68. The van der Waals surface area contributed by atoms with Crippen molar-refractivity contribution in [3.8, 4) is 5.75 Å². The maximum absolute atomic E-state index is 13.4. The molecule has 0 fully saturated rings. The van der Waals surface area contributed by atoms with Crippen LogP contribution in [0.5, 0.6) is 5.75 Å². The lowest BCUT2D eigenvalue weighted by Gasteiger charge is -2.11. The first-order valence-corrected chi connectivity index (χ1v) is 6.64. The van der Waals surface area contributed by atoms with Gasteiger partial charge in [0.15, 0.2) is 0 Å². The van der Waals surface area contributed by atoms with Gasteiger partial charge in [0.1, 0.15) is 11.6 Å². The molecule has 0 aliphatic rings. The zero-order chi connectivity index (χ0) is 16.5. The third kappa shape index (κ3) is 3.56. The Balaban J connectivity index is 2.26. The van der Waals surface area contributed by atoms with Gasteiger partial charge in [0.2, 0.25) is 0 Å². The molecule has 0 saturated carbocycles. The van der Waals surface area contributed by atoms with Gasteiger partial charge in [-0.05, 0) is 36.4 Å². The average molecular weight is 378 g/mol. The largest absolute Gasteiger partial charge is 0.507 e. The highest BCUT2D eigenvalue weighted by Crippen LogP contribution is 2.32. The van der Waals surface area contributed by atoms with E-state index in [2.05, 4.69) is 21.2 Å². The van der Waals surface area contributed by atoms with Crippen molar-refractivity contribution in [2.75, 3.05) is 5.32 Å². The minimum absolute atomic E-state index is 0.102. The van der Waals surface area contributed by atoms with Crippen molar-refractivity contribution < 1.29 is 27.5 Å². The van der Waals surface area contributed by atoms with Gasteiger partial charge in [0, 0.05) is 10.2 Å². The van der Waals surface area contributed by atoms with Crippen molar-refractivity contribution in [1.29, 1.82) is 0 Å². The molecule has 116 valence electrons. The van der Waals surface area contributed by atoms with E-state index in [9.17, 15) is 27.5 Å². The van der Waals surface area contributed by atoms with Crippen LogP contribution in [0.1, 0.15) is 15.9 Å². The van der Waals surface area contributed by atoms with Gasteiger partial charge in [0.25, 0.3) is 5.91 Å². The van der Waals surface area contributed by atoms with Gasteiger partial charge in [-0.25, -0.2) is 4.39 Å². The average Bonchev–Trinajstić information content (AvgIpc) is 2.40. The Labute approximate surface area is 130 Å². The van der Waals surface area contributed by atoms with Gasteiger partial charge in [-0.15, -0.1) is 0 Å². The summed E-state index contributed by atoms with van der Waals surface area (Å²) in [4.78, 5) is 11.9. The first kappa shape index (κ1) is 16.3. The maximum Gasteiger partial charge on any atom is 0.419 e. The Hall–Kier alpha value is -2.09. The van der Waals surface area contributed by atoms with Crippen LogP contribution in [0.2, 0.25) is 0 Å². The summed E-state index contributed by atoms with van der Waals surface area (Å²) in [6, 6.07) is 6.13. The van der Waals surface area contributed by atoms with E-state index in [1.807, 2.05) is 0 Å². The number of hydrogen-bond donors (Lipinski definition) is 2. The number of carbonyl (C=O) groups is 1. The normalized spacial score (nSPS) is 11.3. The van der Waals surface area contributed by atoms with Crippen LogP contribution in [-0.2, 0) is 6.18 Å². The van der Waals surface area contributed by atoms with Crippen molar-refractivity contribution in [3.05, 3.63) is 57.8 Å².